The van der Waals surface area contributed by atoms with Gasteiger partial charge in [0.2, 0.25) is 5.82 Å². The summed E-state index contributed by atoms with van der Waals surface area (Å²) in [6.45, 7) is 2.43. The second-order valence-electron chi connectivity index (χ2n) is 7.76. The van der Waals surface area contributed by atoms with E-state index in [9.17, 15) is 33.6 Å². The van der Waals surface area contributed by atoms with Crippen molar-refractivity contribution < 1.29 is 37.7 Å². The summed E-state index contributed by atoms with van der Waals surface area (Å²) in [5.41, 5.74) is -0.566. The van der Waals surface area contributed by atoms with E-state index in [1.165, 1.54) is 6.92 Å². The molecule has 34 heavy (non-hydrogen) atoms. The number of aliphatic carboxylic acids is 1. The molecule has 2 aromatic rings. The number of aryl methyl sites for hydroxylation is 1. The lowest BCUT2D eigenvalue weighted by molar-refractivity contribution is -0.138. The topological polar surface area (TPSA) is 169 Å². The lowest BCUT2D eigenvalue weighted by atomic mass is 10.1. The molecule has 4 N–H and O–H groups in total. The third-order valence-electron chi connectivity index (χ3n) is 5.22. The van der Waals surface area contributed by atoms with Gasteiger partial charge in [0.15, 0.2) is 0 Å². The van der Waals surface area contributed by atoms with Crippen LogP contribution >= 0.6 is 7.75 Å². The number of aliphatic hydroxyl groups excluding tert-OH is 1. The third kappa shape index (κ3) is 6.26. The minimum atomic E-state index is -4.21. The minimum absolute atomic E-state index is 0.146. The highest BCUT2D eigenvalue weighted by Crippen LogP contribution is 2.46. The molecule has 1 fully saturated rings. The van der Waals surface area contributed by atoms with Crippen molar-refractivity contribution in [2.75, 3.05) is 6.61 Å². The predicted molar refractivity (Wildman–Crippen MR) is 116 cm³/mol. The largest absolute Gasteiger partial charge is 0.480 e. The lowest BCUT2D eigenvalue weighted by Crippen LogP contribution is -2.35. The average Bonchev–Trinajstić information content (AvgIpc) is 3.14. The summed E-state index contributed by atoms with van der Waals surface area (Å²) in [6.07, 6.45) is -2.92. The molecule has 1 aliphatic rings. The molecule has 186 valence electrons. The first-order valence-electron chi connectivity index (χ1n) is 10.3. The van der Waals surface area contributed by atoms with Crippen LogP contribution in [0, 0.1) is 12.7 Å². The molecule has 14 heteroatoms. The van der Waals surface area contributed by atoms with Crippen molar-refractivity contribution >= 4 is 13.7 Å². The Bertz CT molecular complexity index is 1200. The van der Waals surface area contributed by atoms with E-state index in [-0.39, 0.29) is 13.0 Å². The van der Waals surface area contributed by atoms with Gasteiger partial charge in [0, 0.05) is 6.42 Å². The number of aliphatic hydroxyl groups is 1. The SMILES string of the molecule is Cc1ccccc1CO[P@](=O)(N[C@@H](C)C(=O)O)OCC1OC(n2cc(F)c(=O)[nH]c2=O)CC1O. The number of carboxylic acids is 1. The number of aromatic nitrogens is 2. The Morgan fingerprint density at radius 1 is 1.38 bits per heavy atom. The normalized spacial score (nSPS) is 22.9. The molecule has 12 nitrogen and oxygen atoms in total. The number of halogens is 1. The monoisotopic (exact) mass is 501 g/mol. The van der Waals surface area contributed by atoms with Crippen molar-refractivity contribution in [2.45, 2.75) is 51.4 Å². The van der Waals surface area contributed by atoms with Crippen LogP contribution in [0.4, 0.5) is 4.39 Å². The molecule has 0 saturated carbocycles. The van der Waals surface area contributed by atoms with Crippen LogP contribution in [0.3, 0.4) is 0 Å². The summed E-state index contributed by atoms with van der Waals surface area (Å²) in [5, 5.41) is 21.8. The first kappa shape index (κ1) is 25.9. The van der Waals surface area contributed by atoms with E-state index in [2.05, 4.69) is 5.09 Å². The quantitative estimate of drug-likeness (QED) is 0.345. The summed E-state index contributed by atoms with van der Waals surface area (Å²) in [6, 6.07) is 5.86. The summed E-state index contributed by atoms with van der Waals surface area (Å²) >= 11 is 0. The molecule has 3 rings (SSSR count). The van der Waals surface area contributed by atoms with E-state index in [0.717, 1.165) is 10.1 Å². The van der Waals surface area contributed by atoms with Crippen molar-refractivity contribution in [1.29, 1.82) is 0 Å². The van der Waals surface area contributed by atoms with Crippen LogP contribution in [0.25, 0.3) is 0 Å². The van der Waals surface area contributed by atoms with Crippen molar-refractivity contribution in [2.24, 2.45) is 0 Å². The summed E-state index contributed by atoms with van der Waals surface area (Å²) in [5.74, 6) is -2.50. The number of carboxylic acid groups (broad SMARTS) is 1. The molecule has 2 heterocycles. The van der Waals surface area contributed by atoms with Gasteiger partial charge in [-0.05, 0) is 25.0 Å². The molecule has 0 amide bonds. The molecule has 1 saturated heterocycles. The van der Waals surface area contributed by atoms with E-state index >= 15 is 0 Å². The fraction of sp³-hybridized carbons (Fsp3) is 0.450. The number of nitrogens with zero attached hydrogens (tertiary/aromatic N) is 1. The lowest BCUT2D eigenvalue weighted by Gasteiger charge is -2.24. The highest BCUT2D eigenvalue weighted by Gasteiger charge is 2.39. The zero-order valence-corrected chi connectivity index (χ0v) is 19.2. The second-order valence-corrected chi connectivity index (χ2v) is 9.53. The highest BCUT2D eigenvalue weighted by atomic mass is 31.2. The van der Waals surface area contributed by atoms with Crippen molar-refractivity contribution in [3.05, 3.63) is 68.2 Å². The molecule has 1 aromatic heterocycles. The van der Waals surface area contributed by atoms with E-state index in [1.807, 2.05) is 19.1 Å². The maximum absolute atomic E-state index is 13.6. The Hall–Kier alpha value is -2.67. The average molecular weight is 501 g/mol. The van der Waals surface area contributed by atoms with E-state index < -0.39 is 61.9 Å². The zero-order valence-electron chi connectivity index (χ0n) is 18.3. The van der Waals surface area contributed by atoms with Gasteiger partial charge in [-0.15, -0.1) is 0 Å². The Kier molecular flexibility index (Phi) is 8.18. The van der Waals surface area contributed by atoms with Crippen molar-refractivity contribution in [1.82, 2.24) is 14.6 Å². The maximum atomic E-state index is 13.6. The highest BCUT2D eigenvalue weighted by molar-refractivity contribution is 7.51. The molecule has 0 bridgehead atoms. The number of hydrogen-bond donors (Lipinski definition) is 4. The fourth-order valence-electron chi connectivity index (χ4n) is 3.21. The van der Waals surface area contributed by atoms with Gasteiger partial charge >= 0.3 is 19.4 Å². The molecule has 5 atom stereocenters. The molecule has 3 unspecified atom stereocenters. The summed E-state index contributed by atoms with van der Waals surface area (Å²) < 4.78 is 44.0. The molecule has 0 aliphatic carbocycles. The number of ether oxygens (including phenoxy) is 1. The summed E-state index contributed by atoms with van der Waals surface area (Å²) in [4.78, 5) is 36.2. The van der Waals surface area contributed by atoms with Crippen LogP contribution in [0.1, 0.15) is 30.7 Å². The molecule has 1 aromatic carbocycles. The van der Waals surface area contributed by atoms with E-state index in [4.69, 9.17) is 13.8 Å². The van der Waals surface area contributed by atoms with Crippen LogP contribution < -0.4 is 16.3 Å². The summed E-state index contributed by atoms with van der Waals surface area (Å²) in [7, 11) is -4.21. The van der Waals surface area contributed by atoms with Gasteiger partial charge in [0.05, 0.1) is 25.5 Å². The number of nitrogens with one attached hydrogen (secondary N) is 2. The Labute approximate surface area is 192 Å². The van der Waals surface area contributed by atoms with Crippen molar-refractivity contribution in [3.8, 4) is 0 Å². The molecule has 0 spiro atoms. The first-order chi connectivity index (χ1) is 16.0. The maximum Gasteiger partial charge on any atom is 0.406 e. The van der Waals surface area contributed by atoms with Gasteiger partial charge < -0.3 is 14.9 Å². The van der Waals surface area contributed by atoms with E-state index in [1.54, 1.807) is 17.1 Å². The van der Waals surface area contributed by atoms with Gasteiger partial charge in [-0.3, -0.25) is 28.2 Å². The second kappa shape index (κ2) is 10.7. The number of rotatable bonds is 10. The predicted octanol–water partition coefficient (Wildman–Crippen LogP) is 1.04. The van der Waals surface area contributed by atoms with Gasteiger partial charge in [-0.25, -0.2) is 14.4 Å². The molecule has 0 radical (unpaired) electrons. The zero-order chi connectivity index (χ0) is 25.0. The number of carbonyl (C=O) groups is 1. The van der Waals surface area contributed by atoms with Crippen LogP contribution in [-0.4, -0.2) is 50.6 Å². The molecular weight excluding hydrogens is 476 g/mol. The minimum Gasteiger partial charge on any atom is -0.480 e. The number of H-pyrrole nitrogens is 1. The van der Waals surface area contributed by atoms with Crippen molar-refractivity contribution in [3.63, 3.8) is 0 Å². The number of hydrogen-bond acceptors (Lipinski definition) is 8. The van der Waals surface area contributed by atoms with Gasteiger partial charge in [-0.2, -0.15) is 4.39 Å². The van der Waals surface area contributed by atoms with Crippen LogP contribution in [0.15, 0.2) is 40.1 Å². The van der Waals surface area contributed by atoms with Crippen LogP contribution in [0.2, 0.25) is 0 Å². The molecule has 1 aliphatic heterocycles. The van der Waals surface area contributed by atoms with Crippen LogP contribution in [0.5, 0.6) is 0 Å². The molecular formula is C20H25FN3O9P. The Morgan fingerprint density at radius 3 is 2.76 bits per heavy atom. The number of benzene rings is 1. The standard InChI is InChI=1S/C20H25FN3O9P/c1-11-5-3-4-6-13(11)9-31-34(30,23-12(2)19(27)28)32-10-16-15(25)7-17(33-16)24-8-14(21)18(26)22-20(24)29/h3-6,8,12,15-17,25H,7,9-10H2,1-2H3,(H,23,30)(H,27,28)(H,22,26,29)/t12-,15?,16?,17?,34+/m0/s1. The fourth-order valence-corrected chi connectivity index (χ4v) is 4.67. The number of aromatic amines is 1. The van der Waals surface area contributed by atoms with Gasteiger partial charge in [0.25, 0.3) is 5.56 Å². The van der Waals surface area contributed by atoms with Gasteiger partial charge in [0.1, 0.15) is 18.4 Å². The first-order valence-corrected chi connectivity index (χ1v) is 11.8. The van der Waals surface area contributed by atoms with E-state index in [0.29, 0.717) is 11.8 Å². The van der Waals surface area contributed by atoms with Crippen LogP contribution in [-0.2, 0) is 29.8 Å². The smallest absolute Gasteiger partial charge is 0.406 e. The Balaban J connectivity index is 1.71. The third-order valence-corrected chi connectivity index (χ3v) is 6.88. The Morgan fingerprint density at radius 2 is 2.09 bits per heavy atom. The van der Waals surface area contributed by atoms with Gasteiger partial charge in [-0.1, -0.05) is 24.3 Å².